The fourth-order valence-corrected chi connectivity index (χ4v) is 9.83. The topological polar surface area (TPSA) is 6.25 Å². The van der Waals surface area contributed by atoms with Gasteiger partial charge in [0, 0.05) is 51.6 Å². The van der Waals surface area contributed by atoms with Crippen molar-refractivity contribution in [3.05, 3.63) is 202 Å². The third-order valence-corrected chi connectivity index (χ3v) is 12.7. The molecule has 0 atom stereocenters. The van der Waals surface area contributed by atoms with Crippen LogP contribution in [0.1, 0.15) is 69.2 Å². The summed E-state index contributed by atoms with van der Waals surface area (Å²) in [6.07, 6.45) is 12.4. The van der Waals surface area contributed by atoms with Gasteiger partial charge in [-0.1, -0.05) is 153 Å². The largest absolute Gasteiger partial charge is 0.340 e. The highest BCUT2D eigenvalue weighted by atomic mass is 35.5. The van der Waals surface area contributed by atoms with Gasteiger partial charge in [-0.15, -0.1) is 0 Å². The zero-order valence-corrected chi connectivity index (χ0v) is 33.1. The Kier molecular flexibility index (Phi) is 8.98. The lowest BCUT2D eigenvalue weighted by atomic mass is 9.78. The molecule has 55 heavy (non-hydrogen) atoms. The van der Waals surface area contributed by atoms with Crippen LogP contribution in [0.4, 0.5) is 11.4 Å². The monoisotopic (exact) mass is 735 g/mol. The first kappa shape index (κ1) is 35.3. The Morgan fingerprint density at radius 2 is 1.24 bits per heavy atom. The van der Waals surface area contributed by atoms with Crippen LogP contribution in [-0.2, 0) is 23.9 Å². The van der Waals surface area contributed by atoms with E-state index in [0.717, 1.165) is 37.4 Å². The van der Waals surface area contributed by atoms with E-state index in [4.69, 9.17) is 11.6 Å². The van der Waals surface area contributed by atoms with Crippen LogP contribution < -0.4 is 4.90 Å². The fourth-order valence-electron chi connectivity index (χ4n) is 9.51. The molecule has 0 spiro atoms. The van der Waals surface area contributed by atoms with Crippen molar-refractivity contribution < 1.29 is 4.58 Å². The van der Waals surface area contributed by atoms with E-state index in [1.54, 1.807) is 0 Å². The third-order valence-electron chi connectivity index (χ3n) is 12.2. The van der Waals surface area contributed by atoms with Gasteiger partial charge < -0.3 is 4.90 Å². The van der Waals surface area contributed by atoms with Gasteiger partial charge in [0.15, 0.2) is 12.3 Å². The first-order chi connectivity index (χ1) is 26.7. The number of benzene rings is 6. The van der Waals surface area contributed by atoms with Crippen LogP contribution in [0, 0.1) is 0 Å². The van der Waals surface area contributed by atoms with Gasteiger partial charge in [0.1, 0.15) is 0 Å². The summed E-state index contributed by atoms with van der Waals surface area (Å²) in [5, 5.41) is 6.11. The summed E-state index contributed by atoms with van der Waals surface area (Å²) in [5.74, 6) is 0. The number of fused-ring (bicyclic) bond motifs is 6. The van der Waals surface area contributed by atoms with E-state index in [1.165, 1.54) is 77.7 Å². The summed E-state index contributed by atoms with van der Waals surface area (Å²) < 4.78 is 2.52. The third kappa shape index (κ3) is 6.18. The highest BCUT2D eigenvalue weighted by molar-refractivity contribution is 6.32. The number of nitrogens with zero attached hydrogens (tertiary/aromatic N) is 2. The number of hydrogen-bond acceptors (Lipinski definition) is 1. The lowest BCUT2D eigenvalue weighted by Gasteiger charge is -2.27. The van der Waals surface area contributed by atoms with Crippen molar-refractivity contribution in [3.8, 4) is 0 Å². The van der Waals surface area contributed by atoms with Crippen molar-refractivity contribution in [2.45, 2.75) is 70.9 Å². The standard InChI is InChI=1S/C52H48ClN2/c1-51(2)46(54(34-36-16-7-5-8-17-36)44-30-26-38-20-11-13-24-42(38)48(44)51)32-28-40-22-15-23-41(50(40)53)29-33-47-52(3,4)49-43-25-14-12-21-39(43)27-31-45(49)55(47)35-37-18-9-6-10-19-37/h5-14,16-21,24-33H,15,22-23,34-35H2,1-4H3/q+1. The molecular formula is C52H48ClN2+. The molecule has 3 heteroatoms. The molecule has 0 unspecified atom stereocenters. The van der Waals surface area contributed by atoms with Gasteiger partial charge in [-0.25, -0.2) is 0 Å². The summed E-state index contributed by atoms with van der Waals surface area (Å²) in [7, 11) is 0. The van der Waals surface area contributed by atoms with Crippen molar-refractivity contribution in [1.29, 1.82) is 0 Å². The van der Waals surface area contributed by atoms with Crippen molar-refractivity contribution in [3.63, 3.8) is 0 Å². The lowest BCUT2D eigenvalue weighted by Crippen LogP contribution is -2.27. The Morgan fingerprint density at radius 3 is 1.95 bits per heavy atom. The molecule has 272 valence electrons. The zero-order valence-electron chi connectivity index (χ0n) is 32.3. The smallest absolute Gasteiger partial charge is 0.210 e. The molecule has 2 heterocycles. The summed E-state index contributed by atoms with van der Waals surface area (Å²) in [5.41, 5.74) is 12.6. The average Bonchev–Trinajstić information content (AvgIpc) is 3.55. The van der Waals surface area contributed by atoms with E-state index >= 15 is 0 Å². The van der Waals surface area contributed by atoms with Crippen LogP contribution >= 0.6 is 11.6 Å². The van der Waals surface area contributed by atoms with Gasteiger partial charge in [0.05, 0.1) is 5.41 Å². The maximum Gasteiger partial charge on any atom is 0.210 e. The number of halogens is 1. The minimum absolute atomic E-state index is 0.193. The predicted molar refractivity (Wildman–Crippen MR) is 234 cm³/mol. The number of hydrogen-bond donors (Lipinski definition) is 0. The van der Waals surface area contributed by atoms with E-state index in [2.05, 4.69) is 195 Å². The molecule has 9 rings (SSSR count). The lowest BCUT2D eigenvalue weighted by molar-refractivity contribution is -0.455. The Labute approximate surface area is 331 Å². The molecule has 3 aliphatic rings. The molecule has 1 aliphatic carbocycles. The Hall–Kier alpha value is -5.44. The second-order valence-corrected chi connectivity index (χ2v) is 16.8. The quantitative estimate of drug-likeness (QED) is 0.148. The fraction of sp³-hybridized carbons (Fsp3) is 0.212. The minimum Gasteiger partial charge on any atom is -0.340 e. The van der Waals surface area contributed by atoms with Crippen LogP contribution in [0.25, 0.3) is 21.5 Å². The van der Waals surface area contributed by atoms with Crippen molar-refractivity contribution in [2.24, 2.45) is 0 Å². The predicted octanol–water partition coefficient (Wildman–Crippen LogP) is 13.6. The molecule has 0 radical (unpaired) electrons. The van der Waals surface area contributed by atoms with Crippen molar-refractivity contribution in [1.82, 2.24) is 0 Å². The van der Waals surface area contributed by atoms with Crippen LogP contribution in [0.5, 0.6) is 0 Å². The second kappa shape index (κ2) is 14.0. The molecule has 0 fully saturated rings. The van der Waals surface area contributed by atoms with Gasteiger partial charge in [-0.3, -0.25) is 0 Å². The molecule has 0 saturated carbocycles. The molecule has 0 aromatic heterocycles. The van der Waals surface area contributed by atoms with Crippen LogP contribution in [0.3, 0.4) is 0 Å². The molecule has 2 aliphatic heterocycles. The van der Waals surface area contributed by atoms with Gasteiger partial charge in [-0.05, 0) is 95.1 Å². The Bertz CT molecular complexity index is 2620. The summed E-state index contributed by atoms with van der Waals surface area (Å²) in [4.78, 5) is 2.52. The summed E-state index contributed by atoms with van der Waals surface area (Å²) in [6.45, 7) is 11.1. The summed E-state index contributed by atoms with van der Waals surface area (Å²) >= 11 is 7.42. The van der Waals surface area contributed by atoms with Gasteiger partial charge in [-0.2, -0.15) is 4.58 Å². The normalized spacial score (nSPS) is 19.0. The SMILES string of the molecule is CC1(C)C(=CC=C2CCCC(C=CC3=[N+](Cc4ccccc4)c4ccc5ccccc5c4C3(C)C)=C2Cl)N(Cc2ccccc2)c2ccc3ccccc3c21. The Morgan fingerprint density at radius 1 is 0.618 bits per heavy atom. The minimum atomic E-state index is -0.193. The van der Waals surface area contributed by atoms with E-state index in [1.807, 2.05) is 0 Å². The van der Waals surface area contributed by atoms with Crippen LogP contribution in [-0.4, -0.2) is 10.3 Å². The molecule has 0 N–H and O–H groups in total. The van der Waals surface area contributed by atoms with E-state index < -0.39 is 0 Å². The van der Waals surface area contributed by atoms with E-state index in [9.17, 15) is 0 Å². The van der Waals surface area contributed by atoms with Crippen LogP contribution in [0.15, 0.2) is 180 Å². The van der Waals surface area contributed by atoms with E-state index in [-0.39, 0.29) is 10.8 Å². The van der Waals surface area contributed by atoms with Crippen molar-refractivity contribution >= 4 is 50.2 Å². The number of anilines is 1. The average molecular weight is 736 g/mol. The second-order valence-electron chi connectivity index (χ2n) is 16.4. The molecular weight excluding hydrogens is 688 g/mol. The molecule has 6 aromatic carbocycles. The van der Waals surface area contributed by atoms with Crippen molar-refractivity contribution in [2.75, 3.05) is 4.90 Å². The maximum atomic E-state index is 7.42. The molecule has 0 bridgehead atoms. The van der Waals surface area contributed by atoms with Gasteiger partial charge >= 0.3 is 0 Å². The van der Waals surface area contributed by atoms with Gasteiger partial charge in [0.2, 0.25) is 5.69 Å². The first-order valence-corrected chi connectivity index (χ1v) is 20.1. The van der Waals surface area contributed by atoms with E-state index in [0.29, 0.717) is 0 Å². The van der Waals surface area contributed by atoms with Gasteiger partial charge in [0.25, 0.3) is 0 Å². The zero-order chi connectivity index (χ0) is 37.7. The number of rotatable bonds is 7. The highest BCUT2D eigenvalue weighted by Crippen LogP contribution is 2.52. The molecule has 0 saturated heterocycles. The molecule has 0 amide bonds. The summed E-state index contributed by atoms with van der Waals surface area (Å²) in [6, 6.07) is 48.4. The molecule has 2 nitrogen and oxygen atoms in total. The van der Waals surface area contributed by atoms with Crippen LogP contribution in [0.2, 0.25) is 0 Å². The maximum absolute atomic E-state index is 7.42. The Balaban J connectivity index is 1.11. The first-order valence-electron chi connectivity index (χ1n) is 19.7. The highest BCUT2D eigenvalue weighted by Gasteiger charge is 2.46. The molecule has 6 aromatic rings. The number of allylic oxidation sites excluding steroid dienone is 8.